The zero-order valence-electron chi connectivity index (χ0n) is 13.8. The monoisotopic (exact) mass is 328 g/mol. The van der Waals surface area contributed by atoms with E-state index in [9.17, 15) is 4.79 Å². The summed E-state index contributed by atoms with van der Waals surface area (Å²) in [6.45, 7) is 1.68. The van der Waals surface area contributed by atoms with Gasteiger partial charge in [0.15, 0.2) is 11.5 Å². The van der Waals surface area contributed by atoms with Crippen molar-refractivity contribution in [3.8, 4) is 11.5 Å². The minimum Gasteiger partial charge on any atom is -0.454 e. The van der Waals surface area contributed by atoms with Gasteiger partial charge in [-0.05, 0) is 31.2 Å². The molecule has 126 valence electrons. The fourth-order valence-electron chi connectivity index (χ4n) is 3.32. The Bertz CT molecular complexity index is 773. The number of nitrogens with zero attached hydrogens (tertiary/aromatic N) is 4. The Morgan fingerprint density at radius 1 is 1.33 bits per heavy atom. The Labute approximate surface area is 140 Å². The smallest absolute Gasteiger partial charge is 0.244 e. The first-order chi connectivity index (χ1) is 11.6. The molecule has 1 fully saturated rings. The molecule has 1 saturated heterocycles. The average Bonchev–Trinajstić information content (AvgIpc) is 3.26. The molecule has 1 unspecified atom stereocenters. The number of fused-ring (bicyclic) bond motifs is 1. The molecule has 0 radical (unpaired) electrons. The van der Waals surface area contributed by atoms with E-state index < -0.39 is 0 Å². The van der Waals surface area contributed by atoms with Crippen LogP contribution in [0.15, 0.2) is 30.6 Å². The predicted octanol–water partition coefficient (Wildman–Crippen LogP) is 1.39. The highest BCUT2D eigenvalue weighted by atomic mass is 16.7. The number of likely N-dealkylation sites (N-methyl/N-ethyl adjacent to an activating group) is 1. The van der Waals surface area contributed by atoms with Gasteiger partial charge in [-0.25, -0.2) is 0 Å². The van der Waals surface area contributed by atoms with Gasteiger partial charge in [0, 0.05) is 26.3 Å². The SMILES string of the molecule is CN(Cc1ccc2c(c1)OCO2)C1CCN(c2cnn(C)c2)C1=O. The van der Waals surface area contributed by atoms with Gasteiger partial charge < -0.3 is 14.4 Å². The standard InChI is InChI=1S/C17H20N4O3/c1-19(9-12-3-4-15-16(7-12)24-11-23-15)14-5-6-21(17(14)22)13-8-18-20(2)10-13/h3-4,7-8,10,14H,5-6,9,11H2,1-2H3. The topological polar surface area (TPSA) is 59.8 Å². The van der Waals surface area contributed by atoms with Crippen LogP contribution in [0, 0.1) is 0 Å². The molecule has 4 rings (SSSR count). The number of aromatic nitrogens is 2. The lowest BCUT2D eigenvalue weighted by Gasteiger charge is -2.23. The van der Waals surface area contributed by atoms with Crippen LogP contribution in [0.3, 0.4) is 0 Å². The van der Waals surface area contributed by atoms with E-state index in [0.717, 1.165) is 35.7 Å². The molecule has 0 bridgehead atoms. The van der Waals surface area contributed by atoms with Crippen molar-refractivity contribution >= 4 is 11.6 Å². The predicted molar refractivity (Wildman–Crippen MR) is 88.0 cm³/mol. The van der Waals surface area contributed by atoms with Crippen LogP contribution in [0.1, 0.15) is 12.0 Å². The first-order valence-electron chi connectivity index (χ1n) is 8.00. The molecule has 1 aromatic heterocycles. The maximum atomic E-state index is 12.7. The van der Waals surface area contributed by atoms with Crippen molar-refractivity contribution in [2.45, 2.75) is 19.0 Å². The van der Waals surface area contributed by atoms with Crippen LogP contribution >= 0.6 is 0 Å². The summed E-state index contributed by atoms with van der Waals surface area (Å²) in [6, 6.07) is 5.80. The molecule has 7 nitrogen and oxygen atoms in total. The Hall–Kier alpha value is -2.54. The number of aryl methyl sites for hydroxylation is 1. The van der Waals surface area contributed by atoms with Gasteiger partial charge in [0.1, 0.15) is 0 Å². The summed E-state index contributed by atoms with van der Waals surface area (Å²) in [6.07, 6.45) is 4.42. The quantitative estimate of drug-likeness (QED) is 0.849. The molecule has 0 spiro atoms. The zero-order valence-corrected chi connectivity index (χ0v) is 13.8. The third-order valence-corrected chi connectivity index (χ3v) is 4.58. The van der Waals surface area contributed by atoms with Gasteiger partial charge in [-0.3, -0.25) is 14.4 Å². The Morgan fingerprint density at radius 3 is 2.96 bits per heavy atom. The van der Waals surface area contributed by atoms with Crippen LogP contribution in [0.4, 0.5) is 5.69 Å². The molecule has 24 heavy (non-hydrogen) atoms. The maximum absolute atomic E-state index is 12.7. The minimum atomic E-state index is -0.115. The Morgan fingerprint density at radius 2 is 2.17 bits per heavy atom. The third-order valence-electron chi connectivity index (χ3n) is 4.58. The van der Waals surface area contributed by atoms with Gasteiger partial charge in [0.2, 0.25) is 12.7 Å². The second kappa shape index (κ2) is 5.83. The summed E-state index contributed by atoms with van der Waals surface area (Å²) in [4.78, 5) is 16.6. The molecule has 0 saturated carbocycles. The van der Waals surface area contributed by atoms with E-state index in [1.807, 2.05) is 43.4 Å². The van der Waals surface area contributed by atoms with Crippen LogP contribution in [0.5, 0.6) is 11.5 Å². The summed E-state index contributed by atoms with van der Waals surface area (Å²) in [5.41, 5.74) is 1.97. The molecule has 3 heterocycles. The molecule has 7 heteroatoms. The average molecular weight is 328 g/mol. The molecular weight excluding hydrogens is 308 g/mol. The van der Waals surface area contributed by atoms with Crippen LogP contribution in [0.2, 0.25) is 0 Å². The van der Waals surface area contributed by atoms with Crippen LogP contribution in [-0.2, 0) is 18.4 Å². The Balaban J connectivity index is 1.45. The third kappa shape index (κ3) is 2.60. The van der Waals surface area contributed by atoms with E-state index in [1.165, 1.54) is 0 Å². The molecule has 1 amide bonds. The number of amides is 1. The fraction of sp³-hybridized carbons (Fsp3) is 0.412. The highest BCUT2D eigenvalue weighted by Crippen LogP contribution is 2.33. The first-order valence-corrected chi connectivity index (χ1v) is 8.00. The molecule has 0 aliphatic carbocycles. The van der Waals surface area contributed by atoms with Crippen molar-refractivity contribution in [1.82, 2.24) is 14.7 Å². The van der Waals surface area contributed by atoms with Crippen molar-refractivity contribution in [3.63, 3.8) is 0 Å². The lowest BCUT2D eigenvalue weighted by atomic mass is 10.1. The number of benzene rings is 1. The molecule has 2 aliphatic rings. The molecule has 0 N–H and O–H groups in total. The highest BCUT2D eigenvalue weighted by molar-refractivity contribution is 5.99. The lowest BCUT2D eigenvalue weighted by Crippen LogP contribution is -2.39. The van der Waals surface area contributed by atoms with Crippen LogP contribution in [0.25, 0.3) is 0 Å². The molecule has 2 aliphatic heterocycles. The fourth-order valence-corrected chi connectivity index (χ4v) is 3.32. The minimum absolute atomic E-state index is 0.115. The molecule has 1 aromatic carbocycles. The van der Waals surface area contributed by atoms with E-state index in [0.29, 0.717) is 6.54 Å². The van der Waals surface area contributed by atoms with E-state index in [1.54, 1.807) is 10.9 Å². The van der Waals surface area contributed by atoms with E-state index in [-0.39, 0.29) is 18.7 Å². The zero-order chi connectivity index (χ0) is 16.7. The number of hydrogen-bond donors (Lipinski definition) is 0. The van der Waals surface area contributed by atoms with Crippen molar-refractivity contribution in [2.75, 3.05) is 25.3 Å². The highest BCUT2D eigenvalue weighted by Gasteiger charge is 2.35. The summed E-state index contributed by atoms with van der Waals surface area (Å²) < 4.78 is 12.5. The molecule has 1 atom stereocenters. The van der Waals surface area contributed by atoms with Crippen LogP contribution in [-0.4, -0.2) is 47.0 Å². The second-order valence-corrected chi connectivity index (χ2v) is 6.27. The number of rotatable bonds is 4. The number of carbonyl (C=O) groups is 1. The second-order valence-electron chi connectivity index (χ2n) is 6.27. The Kier molecular flexibility index (Phi) is 3.65. The number of hydrogen-bond acceptors (Lipinski definition) is 5. The van der Waals surface area contributed by atoms with Crippen molar-refractivity contribution in [3.05, 3.63) is 36.2 Å². The van der Waals surface area contributed by atoms with E-state index in [4.69, 9.17) is 9.47 Å². The largest absolute Gasteiger partial charge is 0.454 e. The van der Waals surface area contributed by atoms with E-state index in [2.05, 4.69) is 10.00 Å². The van der Waals surface area contributed by atoms with Gasteiger partial charge in [-0.1, -0.05) is 6.07 Å². The van der Waals surface area contributed by atoms with Crippen molar-refractivity contribution in [1.29, 1.82) is 0 Å². The first kappa shape index (κ1) is 15.0. The van der Waals surface area contributed by atoms with Gasteiger partial charge >= 0.3 is 0 Å². The van der Waals surface area contributed by atoms with Gasteiger partial charge in [-0.2, -0.15) is 5.10 Å². The lowest BCUT2D eigenvalue weighted by molar-refractivity contribution is -0.121. The molecule has 2 aromatic rings. The summed E-state index contributed by atoms with van der Waals surface area (Å²) in [5.74, 6) is 1.68. The maximum Gasteiger partial charge on any atom is 0.244 e. The number of anilines is 1. The normalized spacial score (nSPS) is 19.5. The summed E-state index contributed by atoms with van der Waals surface area (Å²) in [7, 11) is 3.84. The van der Waals surface area contributed by atoms with Gasteiger partial charge in [0.05, 0.1) is 17.9 Å². The van der Waals surface area contributed by atoms with Crippen molar-refractivity contribution in [2.24, 2.45) is 7.05 Å². The van der Waals surface area contributed by atoms with Gasteiger partial charge in [0.25, 0.3) is 0 Å². The number of ether oxygens (including phenoxy) is 2. The number of carbonyl (C=O) groups excluding carboxylic acids is 1. The molecular formula is C17H20N4O3. The van der Waals surface area contributed by atoms with E-state index >= 15 is 0 Å². The van der Waals surface area contributed by atoms with Crippen LogP contribution < -0.4 is 14.4 Å². The van der Waals surface area contributed by atoms with Gasteiger partial charge in [-0.15, -0.1) is 0 Å². The van der Waals surface area contributed by atoms with Crippen molar-refractivity contribution < 1.29 is 14.3 Å². The summed E-state index contributed by atoms with van der Waals surface area (Å²) in [5, 5.41) is 4.15. The summed E-state index contributed by atoms with van der Waals surface area (Å²) >= 11 is 0.